The van der Waals surface area contributed by atoms with E-state index in [1.54, 1.807) is 18.1 Å². The molecule has 0 bridgehead atoms. The highest BCUT2D eigenvalue weighted by molar-refractivity contribution is 7.99. The van der Waals surface area contributed by atoms with E-state index in [4.69, 9.17) is 4.52 Å². The van der Waals surface area contributed by atoms with Crippen LogP contribution >= 0.6 is 11.8 Å². The SMILES string of the molecule is CC(Sc1nncn1C1CC1)c1nc(C(C)(C)C)no1. The second-order valence-corrected chi connectivity index (χ2v) is 7.53. The van der Waals surface area contributed by atoms with Crippen LogP contribution in [-0.2, 0) is 5.41 Å². The summed E-state index contributed by atoms with van der Waals surface area (Å²) in [6.45, 7) is 8.27. The number of rotatable bonds is 4. The first-order chi connectivity index (χ1) is 9.45. The monoisotopic (exact) mass is 293 g/mol. The zero-order valence-corrected chi connectivity index (χ0v) is 13.0. The van der Waals surface area contributed by atoms with Crippen LogP contribution in [0.1, 0.15) is 63.5 Å². The second-order valence-electron chi connectivity index (χ2n) is 6.22. The van der Waals surface area contributed by atoms with Gasteiger partial charge < -0.3 is 9.09 Å². The lowest BCUT2D eigenvalue weighted by atomic mass is 9.96. The molecule has 1 aliphatic carbocycles. The van der Waals surface area contributed by atoms with Crippen molar-refractivity contribution in [1.29, 1.82) is 0 Å². The van der Waals surface area contributed by atoms with Crippen LogP contribution in [0.15, 0.2) is 16.0 Å². The van der Waals surface area contributed by atoms with Gasteiger partial charge in [0.2, 0.25) is 5.89 Å². The van der Waals surface area contributed by atoms with E-state index >= 15 is 0 Å². The lowest BCUT2D eigenvalue weighted by molar-refractivity contribution is 0.364. The van der Waals surface area contributed by atoms with Gasteiger partial charge in [-0.1, -0.05) is 37.7 Å². The molecule has 1 fully saturated rings. The van der Waals surface area contributed by atoms with Gasteiger partial charge in [0.15, 0.2) is 11.0 Å². The number of nitrogens with zero attached hydrogens (tertiary/aromatic N) is 5. The Morgan fingerprint density at radius 2 is 2.15 bits per heavy atom. The van der Waals surface area contributed by atoms with E-state index in [1.807, 2.05) is 0 Å². The normalized spacial score (nSPS) is 17.4. The Morgan fingerprint density at radius 1 is 1.40 bits per heavy atom. The van der Waals surface area contributed by atoms with Gasteiger partial charge in [-0.05, 0) is 19.8 Å². The molecule has 108 valence electrons. The van der Waals surface area contributed by atoms with E-state index in [1.165, 1.54) is 12.8 Å². The summed E-state index contributed by atoms with van der Waals surface area (Å²) in [5, 5.41) is 13.2. The first-order valence-electron chi connectivity index (χ1n) is 6.85. The largest absolute Gasteiger partial charge is 0.338 e. The van der Waals surface area contributed by atoms with Gasteiger partial charge in [0, 0.05) is 11.5 Å². The Balaban J connectivity index is 1.74. The number of aromatic nitrogens is 5. The molecular formula is C13H19N5OS. The maximum absolute atomic E-state index is 5.38. The Hall–Kier alpha value is -1.37. The van der Waals surface area contributed by atoms with Crippen molar-refractivity contribution in [2.24, 2.45) is 0 Å². The molecule has 0 spiro atoms. The van der Waals surface area contributed by atoms with Crippen molar-refractivity contribution in [1.82, 2.24) is 24.9 Å². The van der Waals surface area contributed by atoms with Crippen LogP contribution in [0.2, 0.25) is 0 Å². The molecule has 20 heavy (non-hydrogen) atoms. The molecule has 0 N–H and O–H groups in total. The van der Waals surface area contributed by atoms with Crippen molar-refractivity contribution in [3.63, 3.8) is 0 Å². The molecule has 0 radical (unpaired) electrons. The standard InChI is InChI=1S/C13H19N5OS/c1-8(10-15-11(17-19-10)13(2,3)4)20-12-16-14-7-18(12)9-5-6-9/h7-9H,5-6H2,1-4H3. The van der Waals surface area contributed by atoms with Crippen LogP contribution in [-0.4, -0.2) is 24.9 Å². The molecule has 1 unspecified atom stereocenters. The van der Waals surface area contributed by atoms with Gasteiger partial charge in [0.1, 0.15) is 6.33 Å². The highest BCUT2D eigenvalue weighted by Gasteiger charge is 2.28. The molecule has 2 aromatic heterocycles. The van der Waals surface area contributed by atoms with E-state index in [9.17, 15) is 0 Å². The van der Waals surface area contributed by atoms with Gasteiger partial charge in [0.05, 0.1) is 5.25 Å². The Morgan fingerprint density at radius 3 is 2.75 bits per heavy atom. The van der Waals surface area contributed by atoms with E-state index in [-0.39, 0.29) is 10.7 Å². The van der Waals surface area contributed by atoms with Crippen molar-refractivity contribution in [2.45, 2.75) is 62.4 Å². The third-order valence-electron chi connectivity index (χ3n) is 3.22. The fraction of sp³-hybridized carbons (Fsp3) is 0.692. The van der Waals surface area contributed by atoms with Gasteiger partial charge in [-0.2, -0.15) is 4.98 Å². The van der Waals surface area contributed by atoms with Crippen LogP contribution < -0.4 is 0 Å². The molecule has 6 nitrogen and oxygen atoms in total. The number of hydrogen-bond acceptors (Lipinski definition) is 6. The summed E-state index contributed by atoms with van der Waals surface area (Å²) >= 11 is 1.62. The van der Waals surface area contributed by atoms with E-state index < -0.39 is 0 Å². The second kappa shape index (κ2) is 4.87. The molecule has 2 aromatic rings. The molecule has 0 amide bonds. The van der Waals surface area contributed by atoms with Crippen molar-refractivity contribution < 1.29 is 4.52 Å². The van der Waals surface area contributed by atoms with E-state index in [2.05, 4.69) is 52.6 Å². The molecule has 1 atom stereocenters. The van der Waals surface area contributed by atoms with Gasteiger partial charge >= 0.3 is 0 Å². The van der Waals surface area contributed by atoms with Crippen LogP contribution in [0.3, 0.4) is 0 Å². The smallest absolute Gasteiger partial charge is 0.239 e. The summed E-state index contributed by atoms with van der Waals surface area (Å²) in [4.78, 5) is 4.50. The molecule has 0 aromatic carbocycles. The average Bonchev–Trinajstić information content (AvgIpc) is 2.91. The Labute approximate surface area is 122 Å². The van der Waals surface area contributed by atoms with E-state index in [0.29, 0.717) is 11.9 Å². The van der Waals surface area contributed by atoms with Gasteiger partial charge in [-0.25, -0.2) is 0 Å². The molecule has 3 rings (SSSR count). The summed E-state index contributed by atoms with van der Waals surface area (Å²) in [5.41, 5.74) is -0.0971. The van der Waals surface area contributed by atoms with Crippen LogP contribution in [0.4, 0.5) is 0 Å². The summed E-state index contributed by atoms with van der Waals surface area (Å²) in [5.74, 6) is 1.38. The summed E-state index contributed by atoms with van der Waals surface area (Å²) < 4.78 is 7.52. The zero-order chi connectivity index (χ0) is 14.3. The lowest BCUT2D eigenvalue weighted by Crippen LogP contribution is -2.13. The third kappa shape index (κ3) is 2.72. The minimum Gasteiger partial charge on any atom is -0.338 e. The van der Waals surface area contributed by atoms with Crippen LogP contribution in [0.5, 0.6) is 0 Å². The number of hydrogen-bond donors (Lipinski definition) is 0. The quantitative estimate of drug-likeness (QED) is 0.807. The topological polar surface area (TPSA) is 69.6 Å². The van der Waals surface area contributed by atoms with Gasteiger partial charge in [-0.15, -0.1) is 10.2 Å². The third-order valence-corrected chi connectivity index (χ3v) is 4.28. The Kier molecular flexibility index (Phi) is 3.32. The fourth-order valence-corrected chi connectivity index (χ4v) is 2.76. The van der Waals surface area contributed by atoms with Gasteiger partial charge in [0.25, 0.3) is 0 Å². The van der Waals surface area contributed by atoms with Crippen molar-refractivity contribution in [2.75, 3.05) is 0 Å². The first-order valence-corrected chi connectivity index (χ1v) is 7.73. The predicted octanol–water partition coefficient (Wildman–Crippen LogP) is 3.15. The summed E-state index contributed by atoms with van der Waals surface area (Å²) in [7, 11) is 0. The first kappa shape index (κ1) is 13.6. The maximum atomic E-state index is 5.38. The highest BCUT2D eigenvalue weighted by Crippen LogP contribution is 2.40. The highest BCUT2D eigenvalue weighted by atomic mass is 32.2. The number of thioether (sulfide) groups is 1. The van der Waals surface area contributed by atoms with Crippen LogP contribution in [0, 0.1) is 0 Å². The molecular weight excluding hydrogens is 274 g/mol. The van der Waals surface area contributed by atoms with Gasteiger partial charge in [-0.3, -0.25) is 0 Å². The Bertz CT molecular complexity index is 596. The molecule has 0 aliphatic heterocycles. The molecule has 2 heterocycles. The molecule has 1 aliphatic rings. The van der Waals surface area contributed by atoms with Crippen molar-refractivity contribution in [3.05, 3.63) is 18.0 Å². The maximum Gasteiger partial charge on any atom is 0.239 e. The van der Waals surface area contributed by atoms with E-state index in [0.717, 1.165) is 11.0 Å². The predicted molar refractivity (Wildman–Crippen MR) is 75.6 cm³/mol. The lowest BCUT2D eigenvalue weighted by Gasteiger charge is -2.11. The summed E-state index contributed by atoms with van der Waals surface area (Å²) in [6, 6.07) is 0.576. The average molecular weight is 293 g/mol. The zero-order valence-electron chi connectivity index (χ0n) is 12.2. The molecule has 7 heteroatoms. The van der Waals surface area contributed by atoms with Crippen molar-refractivity contribution >= 4 is 11.8 Å². The fourth-order valence-electron chi connectivity index (χ4n) is 1.83. The minimum atomic E-state index is -0.0971. The summed E-state index contributed by atoms with van der Waals surface area (Å²) in [6.07, 6.45) is 4.24. The molecule has 1 saturated carbocycles. The minimum absolute atomic E-state index is 0.0697. The van der Waals surface area contributed by atoms with Crippen molar-refractivity contribution in [3.8, 4) is 0 Å². The van der Waals surface area contributed by atoms with Crippen LogP contribution in [0.25, 0.3) is 0 Å². The molecule has 0 saturated heterocycles.